The van der Waals surface area contributed by atoms with Gasteiger partial charge >= 0.3 is 6.09 Å². The zero-order valence-electron chi connectivity index (χ0n) is 7.81. The largest absolute Gasteiger partial charge is 0.439 e. The lowest BCUT2D eigenvalue weighted by molar-refractivity contribution is 0.119. The van der Waals surface area contributed by atoms with Gasteiger partial charge in [0.05, 0.1) is 12.6 Å². The Kier molecular flexibility index (Phi) is 2.79. The number of aliphatic hydroxyl groups is 1. The summed E-state index contributed by atoms with van der Waals surface area (Å²) in [7, 11) is 0. The molecule has 80 valence electrons. The molecule has 2 atom stereocenters. The van der Waals surface area contributed by atoms with Gasteiger partial charge in [0.15, 0.2) is 6.10 Å². The van der Waals surface area contributed by atoms with Gasteiger partial charge < -0.3 is 15.2 Å². The first-order valence-corrected chi connectivity index (χ1v) is 4.92. The molecule has 2 N–H and O–H groups in total. The summed E-state index contributed by atoms with van der Waals surface area (Å²) in [5.74, 6) is 0. The minimum Gasteiger partial charge on any atom is -0.439 e. The summed E-state index contributed by atoms with van der Waals surface area (Å²) in [6.45, 7) is -0.154. The summed E-state index contributed by atoms with van der Waals surface area (Å²) in [5.41, 5.74) is 0.816. The molecule has 0 unspecified atom stereocenters. The molecule has 1 aliphatic heterocycles. The molecule has 15 heavy (non-hydrogen) atoms. The number of amides is 1. The van der Waals surface area contributed by atoms with Crippen LogP contribution in [0.5, 0.6) is 0 Å². The number of nitrogens with one attached hydrogen (secondary N) is 1. The van der Waals surface area contributed by atoms with Crippen molar-refractivity contribution in [3.63, 3.8) is 0 Å². The van der Waals surface area contributed by atoms with Crippen LogP contribution in [0.3, 0.4) is 0 Å². The zero-order chi connectivity index (χ0) is 10.8. The molecule has 1 aromatic carbocycles. The number of carbonyl (C=O) groups excluding carboxylic acids is 1. The SMILES string of the molecule is O=C1N[C@H](CO)[C@@H](c2ccc(Cl)cc2)O1. The van der Waals surface area contributed by atoms with Crippen LogP contribution in [0.25, 0.3) is 0 Å². The van der Waals surface area contributed by atoms with Crippen LogP contribution in [0.4, 0.5) is 4.79 Å². The van der Waals surface area contributed by atoms with E-state index < -0.39 is 18.2 Å². The highest BCUT2D eigenvalue weighted by molar-refractivity contribution is 6.30. The number of ether oxygens (including phenoxy) is 1. The number of benzene rings is 1. The second-order valence-electron chi connectivity index (χ2n) is 3.31. The maximum Gasteiger partial charge on any atom is 0.408 e. The number of rotatable bonds is 2. The van der Waals surface area contributed by atoms with Gasteiger partial charge in [0.2, 0.25) is 0 Å². The lowest BCUT2D eigenvalue weighted by Crippen LogP contribution is -2.31. The van der Waals surface area contributed by atoms with E-state index in [9.17, 15) is 4.79 Å². The molecule has 0 radical (unpaired) electrons. The van der Waals surface area contributed by atoms with Crippen LogP contribution in [0.15, 0.2) is 24.3 Å². The number of alkyl carbamates (subject to hydrolysis) is 1. The van der Waals surface area contributed by atoms with Crippen LogP contribution in [0, 0.1) is 0 Å². The molecule has 1 fully saturated rings. The summed E-state index contributed by atoms with van der Waals surface area (Å²) in [4.78, 5) is 11.0. The molecule has 1 amide bonds. The van der Waals surface area contributed by atoms with Crippen LogP contribution >= 0.6 is 11.6 Å². The van der Waals surface area contributed by atoms with Crippen molar-refractivity contribution in [1.29, 1.82) is 0 Å². The zero-order valence-corrected chi connectivity index (χ0v) is 8.57. The maximum absolute atomic E-state index is 11.0. The topological polar surface area (TPSA) is 58.6 Å². The third-order valence-corrected chi connectivity index (χ3v) is 2.55. The van der Waals surface area contributed by atoms with Crippen molar-refractivity contribution in [1.82, 2.24) is 5.32 Å². The predicted molar refractivity (Wildman–Crippen MR) is 54.7 cm³/mol. The number of hydrogen-bond acceptors (Lipinski definition) is 3. The number of halogens is 1. The summed E-state index contributed by atoms with van der Waals surface area (Å²) in [5, 5.41) is 12.2. The van der Waals surface area contributed by atoms with Gasteiger partial charge in [0.1, 0.15) is 0 Å². The summed E-state index contributed by atoms with van der Waals surface area (Å²) in [6, 6.07) is 6.60. The molecule has 5 heteroatoms. The van der Waals surface area contributed by atoms with E-state index in [-0.39, 0.29) is 6.61 Å². The fourth-order valence-electron chi connectivity index (χ4n) is 1.55. The molecule has 1 aliphatic rings. The second-order valence-corrected chi connectivity index (χ2v) is 3.75. The molecule has 0 saturated carbocycles. The van der Waals surface area contributed by atoms with Crippen molar-refractivity contribution in [3.05, 3.63) is 34.9 Å². The molecule has 0 spiro atoms. The van der Waals surface area contributed by atoms with Crippen molar-refractivity contribution in [2.24, 2.45) is 0 Å². The minimum absolute atomic E-state index is 0.154. The van der Waals surface area contributed by atoms with Gasteiger partial charge in [-0.15, -0.1) is 0 Å². The lowest BCUT2D eigenvalue weighted by atomic mass is 10.0. The summed E-state index contributed by atoms with van der Waals surface area (Å²) < 4.78 is 5.04. The molecule has 0 aromatic heterocycles. The number of aliphatic hydroxyl groups excluding tert-OH is 1. The Hall–Kier alpha value is -1.26. The first-order chi connectivity index (χ1) is 7.20. The van der Waals surface area contributed by atoms with Crippen LogP contribution < -0.4 is 5.32 Å². The number of cyclic esters (lactones) is 1. The van der Waals surface area contributed by atoms with E-state index in [1.807, 2.05) is 0 Å². The standard InChI is InChI=1S/C10H10ClNO3/c11-7-3-1-6(2-4-7)9-8(5-13)12-10(14)15-9/h1-4,8-9,13H,5H2,(H,12,14)/t8-,9-/m1/s1. The monoisotopic (exact) mass is 227 g/mol. The van der Waals surface area contributed by atoms with Gasteiger partial charge in [-0.1, -0.05) is 23.7 Å². The number of carbonyl (C=O) groups is 1. The highest BCUT2D eigenvalue weighted by Gasteiger charge is 2.34. The lowest BCUT2D eigenvalue weighted by Gasteiger charge is -2.14. The quantitative estimate of drug-likeness (QED) is 0.805. The van der Waals surface area contributed by atoms with Crippen LogP contribution in [0.1, 0.15) is 11.7 Å². The Morgan fingerprint density at radius 1 is 1.40 bits per heavy atom. The van der Waals surface area contributed by atoms with E-state index in [0.29, 0.717) is 5.02 Å². The molecule has 1 saturated heterocycles. The fraction of sp³-hybridized carbons (Fsp3) is 0.300. The average molecular weight is 228 g/mol. The molecule has 4 nitrogen and oxygen atoms in total. The van der Waals surface area contributed by atoms with Gasteiger partial charge in [-0.25, -0.2) is 4.79 Å². The van der Waals surface area contributed by atoms with Crippen LogP contribution in [0.2, 0.25) is 5.02 Å². The Labute approximate surface area is 91.8 Å². The molecule has 0 aliphatic carbocycles. The third-order valence-electron chi connectivity index (χ3n) is 2.30. The molecular weight excluding hydrogens is 218 g/mol. The van der Waals surface area contributed by atoms with Crippen LogP contribution in [-0.2, 0) is 4.74 Å². The van der Waals surface area contributed by atoms with Crippen molar-refractivity contribution < 1.29 is 14.6 Å². The minimum atomic E-state index is -0.506. The summed E-state index contributed by atoms with van der Waals surface area (Å²) >= 11 is 5.74. The van der Waals surface area contributed by atoms with Crippen molar-refractivity contribution in [2.75, 3.05) is 6.61 Å². The first kappa shape index (κ1) is 10.3. The van der Waals surface area contributed by atoms with E-state index >= 15 is 0 Å². The van der Waals surface area contributed by atoms with Crippen molar-refractivity contribution >= 4 is 17.7 Å². The molecular formula is C10H10ClNO3. The van der Waals surface area contributed by atoms with Gasteiger partial charge in [0.25, 0.3) is 0 Å². The number of hydrogen-bond donors (Lipinski definition) is 2. The van der Waals surface area contributed by atoms with E-state index in [1.165, 1.54) is 0 Å². The Balaban J connectivity index is 2.22. The highest BCUT2D eigenvalue weighted by Crippen LogP contribution is 2.26. The van der Waals surface area contributed by atoms with Gasteiger partial charge in [-0.2, -0.15) is 0 Å². The molecule has 1 aromatic rings. The molecule has 0 bridgehead atoms. The Morgan fingerprint density at radius 2 is 2.07 bits per heavy atom. The average Bonchev–Trinajstić information content (AvgIpc) is 2.61. The fourth-order valence-corrected chi connectivity index (χ4v) is 1.68. The molecule has 2 rings (SSSR count). The van der Waals surface area contributed by atoms with Gasteiger partial charge in [0, 0.05) is 5.02 Å². The third kappa shape index (κ3) is 2.06. The van der Waals surface area contributed by atoms with Crippen molar-refractivity contribution in [2.45, 2.75) is 12.1 Å². The smallest absolute Gasteiger partial charge is 0.408 e. The molecule has 1 heterocycles. The Morgan fingerprint density at radius 3 is 2.67 bits per heavy atom. The van der Waals surface area contributed by atoms with Crippen LogP contribution in [-0.4, -0.2) is 23.8 Å². The first-order valence-electron chi connectivity index (χ1n) is 4.54. The second kappa shape index (κ2) is 4.08. The highest BCUT2D eigenvalue weighted by atomic mass is 35.5. The van der Waals surface area contributed by atoms with Gasteiger partial charge in [-0.3, -0.25) is 0 Å². The van der Waals surface area contributed by atoms with E-state index in [2.05, 4.69) is 5.32 Å². The normalized spacial score (nSPS) is 24.8. The predicted octanol–water partition coefficient (Wildman–Crippen LogP) is 1.48. The van der Waals surface area contributed by atoms with E-state index in [1.54, 1.807) is 24.3 Å². The van der Waals surface area contributed by atoms with E-state index in [4.69, 9.17) is 21.4 Å². The maximum atomic E-state index is 11.0. The van der Waals surface area contributed by atoms with Crippen molar-refractivity contribution in [3.8, 4) is 0 Å². The van der Waals surface area contributed by atoms with E-state index in [0.717, 1.165) is 5.56 Å². The Bertz CT molecular complexity index is 365. The van der Waals surface area contributed by atoms with Gasteiger partial charge in [-0.05, 0) is 17.7 Å². The summed E-state index contributed by atoms with van der Waals surface area (Å²) in [6.07, 6.45) is -0.950.